The lowest BCUT2D eigenvalue weighted by Crippen LogP contribution is -2.45. The molecule has 3 rings (SSSR count). The highest BCUT2D eigenvalue weighted by molar-refractivity contribution is 5.99. The van der Waals surface area contributed by atoms with Crippen molar-refractivity contribution in [3.8, 4) is 0 Å². The Morgan fingerprint density at radius 1 is 1.35 bits per heavy atom. The van der Waals surface area contributed by atoms with Gasteiger partial charge in [-0.05, 0) is 12.5 Å². The van der Waals surface area contributed by atoms with E-state index < -0.39 is 11.9 Å². The summed E-state index contributed by atoms with van der Waals surface area (Å²) in [6, 6.07) is 4.62. The molecule has 4 N–H and O–H groups in total. The number of imide groups is 1. The van der Waals surface area contributed by atoms with Gasteiger partial charge in [0.2, 0.25) is 5.91 Å². The molecule has 1 aromatic carbocycles. The number of benzene rings is 1. The first kappa shape index (κ1) is 15.2. The van der Waals surface area contributed by atoms with Crippen molar-refractivity contribution in [1.82, 2.24) is 15.1 Å². The molecule has 120 valence electrons. The zero-order valence-corrected chi connectivity index (χ0v) is 12.4. The first-order chi connectivity index (χ1) is 11.1. The van der Waals surface area contributed by atoms with Crippen molar-refractivity contribution in [2.24, 2.45) is 5.73 Å². The van der Waals surface area contributed by atoms with E-state index in [1.54, 1.807) is 18.3 Å². The quantitative estimate of drug-likeness (QED) is 0.669. The van der Waals surface area contributed by atoms with Crippen molar-refractivity contribution in [3.05, 3.63) is 34.7 Å². The number of hydrogen-bond donors (Lipinski definition) is 3. The third kappa shape index (κ3) is 2.80. The molecular weight excluding hydrogens is 298 g/mol. The third-order valence-corrected chi connectivity index (χ3v) is 3.80. The van der Waals surface area contributed by atoms with E-state index in [-0.39, 0.29) is 24.3 Å². The van der Waals surface area contributed by atoms with Gasteiger partial charge in [-0.25, -0.2) is 4.68 Å². The number of nitrogens with two attached hydrogens (primary N) is 1. The average Bonchev–Trinajstić information content (AvgIpc) is 2.54. The van der Waals surface area contributed by atoms with E-state index in [0.717, 1.165) is 4.68 Å². The van der Waals surface area contributed by atoms with Crippen molar-refractivity contribution in [1.29, 1.82) is 0 Å². The second-order valence-corrected chi connectivity index (χ2v) is 5.35. The summed E-state index contributed by atoms with van der Waals surface area (Å²) < 4.78 is 1.15. The van der Waals surface area contributed by atoms with Crippen LogP contribution in [0.3, 0.4) is 0 Å². The Kier molecular flexibility index (Phi) is 4.07. The highest BCUT2D eigenvalue weighted by Gasteiger charge is 2.30. The average molecular weight is 315 g/mol. The molecule has 0 radical (unpaired) electrons. The zero-order chi connectivity index (χ0) is 16.4. The smallest absolute Gasteiger partial charge is 0.277 e. The summed E-state index contributed by atoms with van der Waals surface area (Å²) >= 11 is 0. The predicted molar refractivity (Wildman–Crippen MR) is 85.0 cm³/mol. The van der Waals surface area contributed by atoms with Crippen LogP contribution in [0.2, 0.25) is 0 Å². The molecule has 2 heterocycles. The van der Waals surface area contributed by atoms with Gasteiger partial charge in [0.05, 0.1) is 11.6 Å². The van der Waals surface area contributed by atoms with Gasteiger partial charge < -0.3 is 11.1 Å². The molecule has 1 aromatic heterocycles. The van der Waals surface area contributed by atoms with Crippen molar-refractivity contribution in [2.45, 2.75) is 18.9 Å². The number of carbonyl (C=O) groups is 2. The number of anilines is 1. The molecule has 0 aliphatic carbocycles. The fourth-order valence-electron chi connectivity index (χ4n) is 2.70. The van der Waals surface area contributed by atoms with E-state index in [4.69, 9.17) is 5.73 Å². The minimum atomic E-state index is -0.771. The monoisotopic (exact) mass is 315 g/mol. The zero-order valence-electron chi connectivity index (χ0n) is 12.4. The molecule has 8 heteroatoms. The highest BCUT2D eigenvalue weighted by Crippen LogP contribution is 2.21. The number of carbonyl (C=O) groups excluding carboxylic acids is 2. The van der Waals surface area contributed by atoms with Crippen LogP contribution in [0.15, 0.2) is 29.2 Å². The second-order valence-electron chi connectivity index (χ2n) is 5.35. The van der Waals surface area contributed by atoms with E-state index in [0.29, 0.717) is 29.5 Å². The molecule has 2 aromatic rings. The molecule has 1 saturated heterocycles. The summed E-state index contributed by atoms with van der Waals surface area (Å²) in [7, 11) is 0. The van der Waals surface area contributed by atoms with Crippen molar-refractivity contribution >= 4 is 28.3 Å². The SMILES string of the molecule is NCCNc1cccc2cnn(C3CCC(=O)NC3=O)c(=O)c12. The number of piperidine rings is 1. The van der Waals surface area contributed by atoms with Crippen molar-refractivity contribution in [3.63, 3.8) is 0 Å². The Bertz CT molecular complexity index is 829. The summed E-state index contributed by atoms with van der Waals surface area (Å²) in [6.45, 7) is 0.960. The Hall–Kier alpha value is -2.74. The first-order valence-corrected chi connectivity index (χ1v) is 7.40. The van der Waals surface area contributed by atoms with Crippen molar-refractivity contribution in [2.75, 3.05) is 18.4 Å². The molecule has 8 nitrogen and oxygen atoms in total. The Labute approximate surface area is 131 Å². The number of amides is 2. The fourth-order valence-corrected chi connectivity index (χ4v) is 2.70. The molecule has 2 amide bonds. The van der Waals surface area contributed by atoms with Crippen LogP contribution in [0.5, 0.6) is 0 Å². The number of nitrogens with one attached hydrogen (secondary N) is 2. The van der Waals surface area contributed by atoms with Crippen molar-refractivity contribution < 1.29 is 9.59 Å². The van der Waals surface area contributed by atoms with Crippen LogP contribution >= 0.6 is 0 Å². The van der Waals surface area contributed by atoms with E-state index in [1.165, 1.54) is 0 Å². The van der Waals surface area contributed by atoms with Crippen LogP contribution in [0.1, 0.15) is 18.9 Å². The summed E-state index contributed by atoms with van der Waals surface area (Å²) in [5.74, 6) is -0.826. The number of hydrogen-bond acceptors (Lipinski definition) is 6. The molecule has 1 fully saturated rings. The van der Waals surface area contributed by atoms with E-state index in [1.807, 2.05) is 6.07 Å². The lowest BCUT2D eigenvalue weighted by Gasteiger charge is -2.22. The van der Waals surface area contributed by atoms with Crippen LogP contribution in [-0.4, -0.2) is 34.7 Å². The van der Waals surface area contributed by atoms with Gasteiger partial charge in [-0.3, -0.25) is 19.7 Å². The van der Waals surface area contributed by atoms with E-state index in [9.17, 15) is 14.4 Å². The number of nitrogens with zero attached hydrogens (tertiary/aromatic N) is 2. The number of fused-ring (bicyclic) bond motifs is 1. The number of rotatable bonds is 4. The van der Waals surface area contributed by atoms with Gasteiger partial charge in [-0.2, -0.15) is 5.10 Å². The molecule has 1 aliphatic rings. The molecule has 0 saturated carbocycles. The maximum absolute atomic E-state index is 12.8. The first-order valence-electron chi connectivity index (χ1n) is 7.40. The van der Waals surface area contributed by atoms with Crippen LogP contribution < -0.4 is 21.9 Å². The normalized spacial score (nSPS) is 18.0. The van der Waals surface area contributed by atoms with Gasteiger partial charge in [-0.15, -0.1) is 0 Å². The Balaban J connectivity index is 2.09. The van der Waals surface area contributed by atoms with Crippen LogP contribution in [0, 0.1) is 0 Å². The second kappa shape index (κ2) is 6.17. The van der Waals surface area contributed by atoms with Gasteiger partial charge in [0.25, 0.3) is 11.5 Å². The standard InChI is InChI=1S/C15H17N5O3/c16-6-7-17-10-3-1-2-9-8-18-20(15(23)13(9)10)11-4-5-12(21)19-14(11)22/h1-3,8,11,17H,4-7,16H2,(H,19,21,22). The Morgan fingerprint density at radius 2 is 2.17 bits per heavy atom. The highest BCUT2D eigenvalue weighted by atomic mass is 16.2. The Morgan fingerprint density at radius 3 is 2.91 bits per heavy atom. The lowest BCUT2D eigenvalue weighted by molar-refractivity contribution is -0.136. The molecule has 0 spiro atoms. The molecule has 1 atom stereocenters. The minimum absolute atomic E-state index is 0.190. The summed E-state index contributed by atoms with van der Waals surface area (Å²) in [5.41, 5.74) is 5.78. The third-order valence-electron chi connectivity index (χ3n) is 3.80. The van der Waals surface area contributed by atoms with Gasteiger partial charge in [-0.1, -0.05) is 12.1 Å². The topological polar surface area (TPSA) is 119 Å². The van der Waals surface area contributed by atoms with Gasteiger partial charge in [0.15, 0.2) is 0 Å². The van der Waals surface area contributed by atoms with Gasteiger partial charge >= 0.3 is 0 Å². The number of aromatic nitrogens is 2. The molecular formula is C15H17N5O3. The predicted octanol–water partition coefficient (Wildman–Crippen LogP) is -0.255. The molecule has 0 bridgehead atoms. The minimum Gasteiger partial charge on any atom is -0.383 e. The lowest BCUT2D eigenvalue weighted by atomic mass is 10.1. The van der Waals surface area contributed by atoms with E-state index >= 15 is 0 Å². The summed E-state index contributed by atoms with van der Waals surface area (Å²) in [5, 5.41) is 10.6. The fraction of sp³-hybridized carbons (Fsp3) is 0.333. The van der Waals surface area contributed by atoms with Crippen LogP contribution in [0.25, 0.3) is 10.8 Å². The van der Waals surface area contributed by atoms with Gasteiger partial charge in [0.1, 0.15) is 6.04 Å². The summed E-state index contributed by atoms with van der Waals surface area (Å²) in [6.07, 6.45) is 2.01. The maximum Gasteiger partial charge on any atom is 0.277 e. The van der Waals surface area contributed by atoms with Crippen LogP contribution in [0.4, 0.5) is 5.69 Å². The largest absolute Gasteiger partial charge is 0.383 e. The molecule has 1 aliphatic heterocycles. The van der Waals surface area contributed by atoms with E-state index in [2.05, 4.69) is 15.7 Å². The van der Waals surface area contributed by atoms with Gasteiger partial charge in [0, 0.05) is 30.6 Å². The van der Waals surface area contributed by atoms with Crippen LogP contribution in [-0.2, 0) is 9.59 Å². The summed E-state index contributed by atoms with van der Waals surface area (Å²) in [4.78, 5) is 36.0. The maximum atomic E-state index is 12.8. The molecule has 1 unspecified atom stereocenters. The molecule has 23 heavy (non-hydrogen) atoms.